The van der Waals surface area contributed by atoms with Crippen LogP contribution in [0.2, 0.25) is 0 Å². The SMILES string of the molecule is COCC(O)CCNS(=O)(=O)c1cn(C)nc1N. The molecular weight excluding hydrogens is 260 g/mol. The zero-order valence-electron chi connectivity index (χ0n) is 10.3. The Balaban J connectivity index is 2.58. The van der Waals surface area contributed by atoms with Gasteiger partial charge in [0.2, 0.25) is 10.0 Å². The second kappa shape index (κ2) is 6.14. The Morgan fingerprint density at radius 2 is 2.33 bits per heavy atom. The molecule has 0 amide bonds. The lowest BCUT2D eigenvalue weighted by Crippen LogP contribution is -2.28. The zero-order chi connectivity index (χ0) is 13.8. The average molecular weight is 278 g/mol. The van der Waals surface area contributed by atoms with Crippen molar-refractivity contribution in [3.05, 3.63) is 6.20 Å². The molecule has 1 rings (SSSR count). The molecule has 0 saturated heterocycles. The molecule has 0 bridgehead atoms. The molecule has 0 spiro atoms. The van der Waals surface area contributed by atoms with Crippen LogP contribution in [0.5, 0.6) is 0 Å². The number of sulfonamides is 1. The Hall–Kier alpha value is -1.16. The second-order valence-corrected chi connectivity index (χ2v) is 5.58. The third kappa shape index (κ3) is 3.95. The first-order valence-electron chi connectivity index (χ1n) is 5.32. The Bertz CT molecular complexity index is 485. The minimum absolute atomic E-state index is 0.0533. The maximum absolute atomic E-state index is 11.8. The molecule has 1 heterocycles. The molecule has 9 heteroatoms. The lowest BCUT2D eigenvalue weighted by molar-refractivity contribution is 0.0603. The topological polar surface area (TPSA) is 119 Å². The van der Waals surface area contributed by atoms with Gasteiger partial charge in [-0.2, -0.15) is 5.10 Å². The Morgan fingerprint density at radius 1 is 1.67 bits per heavy atom. The highest BCUT2D eigenvalue weighted by Gasteiger charge is 2.20. The van der Waals surface area contributed by atoms with Gasteiger partial charge in [0, 0.05) is 26.9 Å². The number of hydrogen-bond acceptors (Lipinski definition) is 6. The van der Waals surface area contributed by atoms with Crippen molar-refractivity contribution in [1.82, 2.24) is 14.5 Å². The fraction of sp³-hybridized carbons (Fsp3) is 0.667. The molecule has 0 radical (unpaired) electrons. The molecule has 8 nitrogen and oxygen atoms in total. The third-order valence-electron chi connectivity index (χ3n) is 2.24. The van der Waals surface area contributed by atoms with Crippen molar-refractivity contribution in [2.24, 2.45) is 7.05 Å². The summed E-state index contributed by atoms with van der Waals surface area (Å²) >= 11 is 0. The highest BCUT2D eigenvalue weighted by atomic mass is 32.2. The van der Waals surface area contributed by atoms with Crippen molar-refractivity contribution >= 4 is 15.8 Å². The van der Waals surface area contributed by atoms with Crippen LogP contribution in [0.3, 0.4) is 0 Å². The summed E-state index contributed by atoms with van der Waals surface area (Å²) in [5.41, 5.74) is 5.49. The van der Waals surface area contributed by atoms with Crippen LogP contribution in [0, 0.1) is 0 Å². The molecule has 0 aliphatic rings. The van der Waals surface area contributed by atoms with Gasteiger partial charge in [0.05, 0.1) is 12.7 Å². The maximum Gasteiger partial charge on any atom is 0.245 e. The van der Waals surface area contributed by atoms with E-state index in [1.807, 2.05) is 0 Å². The molecular formula is C9H18N4O4S. The lowest BCUT2D eigenvalue weighted by Gasteiger charge is -2.10. The van der Waals surface area contributed by atoms with Gasteiger partial charge in [0.1, 0.15) is 4.90 Å². The van der Waals surface area contributed by atoms with Crippen molar-refractivity contribution in [2.45, 2.75) is 17.4 Å². The van der Waals surface area contributed by atoms with Gasteiger partial charge in [0.25, 0.3) is 0 Å². The molecule has 104 valence electrons. The summed E-state index contributed by atoms with van der Waals surface area (Å²) in [6, 6.07) is 0. The van der Waals surface area contributed by atoms with Crippen molar-refractivity contribution in [1.29, 1.82) is 0 Å². The number of ether oxygens (including phenoxy) is 1. The number of nitrogen functional groups attached to an aromatic ring is 1. The number of methoxy groups -OCH3 is 1. The monoisotopic (exact) mass is 278 g/mol. The van der Waals surface area contributed by atoms with Crippen LogP contribution >= 0.6 is 0 Å². The van der Waals surface area contributed by atoms with Crippen molar-refractivity contribution < 1.29 is 18.3 Å². The van der Waals surface area contributed by atoms with Crippen LogP contribution in [0.1, 0.15) is 6.42 Å². The number of nitrogens with two attached hydrogens (primary N) is 1. The van der Waals surface area contributed by atoms with Crippen LogP contribution in [0.15, 0.2) is 11.1 Å². The van der Waals surface area contributed by atoms with E-state index in [-0.39, 0.29) is 30.3 Å². The summed E-state index contributed by atoms with van der Waals surface area (Å²) in [6.45, 7) is 0.262. The van der Waals surface area contributed by atoms with Gasteiger partial charge in [-0.3, -0.25) is 4.68 Å². The number of hydrogen-bond donors (Lipinski definition) is 3. The molecule has 4 N–H and O–H groups in total. The van der Waals surface area contributed by atoms with Gasteiger partial charge in [-0.1, -0.05) is 0 Å². The minimum Gasteiger partial charge on any atom is -0.391 e. The predicted molar refractivity (Wildman–Crippen MR) is 65.3 cm³/mol. The van der Waals surface area contributed by atoms with Gasteiger partial charge >= 0.3 is 0 Å². The highest BCUT2D eigenvalue weighted by molar-refractivity contribution is 7.89. The van der Waals surface area contributed by atoms with Crippen molar-refractivity contribution in [2.75, 3.05) is 26.0 Å². The van der Waals surface area contributed by atoms with Gasteiger partial charge in [0.15, 0.2) is 5.82 Å². The minimum atomic E-state index is -3.69. The van der Waals surface area contributed by atoms with E-state index in [0.29, 0.717) is 0 Å². The number of aryl methyl sites for hydroxylation is 1. The van der Waals surface area contributed by atoms with Crippen LogP contribution in [0.4, 0.5) is 5.82 Å². The van der Waals surface area contributed by atoms with Gasteiger partial charge in [-0.05, 0) is 6.42 Å². The van der Waals surface area contributed by atoms with E-state index in [0.717, 1.165) is 0 Å². The number of aromatic nitrogens is 2. The summed E-state index contributed by atoms with van der Waals surface area (Å²) in [4.78, 5) is -0.0637. The molecule has 0 aliphatic carbocycles. The molecule has 0 aliphatic heterocycles. The smallest absolute Gasteiger partial charge is 0.245 e. The third-order valence-corrected chi connectivity index (χ3v) is 3.72. The van der Waals surface area contributed by atoms with E-state index in [2.05, 4.69) is 9.82 Å². The molecule has 18 heavy (non-hydrogen) atoms. The zero-order valence-corrected chi connectivity index (χ0v) is 11.1. The number of aliphatic hydroxyl groups excluding tert-OH is 1. The van der Waals surface area contributed by atoms with E-state index in [1.165, 1.54) is 18.0 Å². The second-order valence-electron chi connectivity index (χ2n) is 3.85. The van der Waals surface area contributed by atoms with E-state index in [9.17, 15) is 13.5 Å². The summed E-state index contributed by atoms with van der Waals surface area (Å²) in [6.07, 6.45) is 0.875. The number of rotatable bonds is 7. The summed E-state index contributed by atoms with van der Waals surface area (Å²) in [7, 11) is -0.648. The fourth-order valence-corrected chi connectivity index (χ4v) is 2.55. The molecule has 1 atom stereocenters. The number of nitrogens with zero attached hydrogens (tertiary/aromatic N) is 2. The van der Waals surface area contributed by atoms with Crippen LogP contribution in [0.25, 0.3) is 0 Å². The molecule has 1 aromatic heterocycles. The molecule has 0 aromatic carbocycles. The van der Waals surface area contributed by atoms with Crippen molar-refractivity contribution in [3.63, 3.8) is 0 Å². The first-order valence-corrected chi connectivity index (χ1v) is 6.81. The van der Waals surface area contributed by atoms with E-state index >= 15 is 0 Å². The molecule has 1 unspecified atom stereocenters. The van der Waals surface area contributed by atoms with Crippen molar-refractivity contribution in [3.8, 4) is 0 Å². The standard InChI is InChI=1S/C9H18N4O4S/c1-13-5-8(9(10)12-13)18(15,16)11-4-3-7(14)6-17-2/h5,7,11,14H,3-4,6H2,1-2H3,(H2,10,12). The lowest BCUT2D eigenvalue weighted by atomic mass is 10.3. The molecule has 1 aromatic rings. The Kier molecular flexibility index (Phi) is 5.08. The highest BCUT2D eigenvalue weighted by Crippen LogP contribution is 2.14. The predicted octanol–water partition coefficient (Wildman–Crippen LogP) is -1.32. The maximum atomic E-state index is 11.8. The fourth-order valence-electron chi connectivity index (χ4n) is 1.40. The molecule has 0 fully saturated rings. The quantitative estimate of drug-likeness (QED) is 0.569. The Labute approximate surface area is 106 Å². The van der Waals surface area contributed by atoms with E-state index in [4.69, 9.17) is 10.5 Å². The van der Waals surface area contributed by atoms with Gasteiger partial charge < -0.3 is 15.6 Å². The normalized spacial score (nSPS) is 13.7. The number of nitrogens with one attached hydrogen (secondary N) is 1. The largest absolute Gasteiger partial charge is 0.391 e. The van der Waals surface area contributed by atoms with Crippen LogP contribution in [-0.2, 0) is 21.8 Å². The Morgan fingerprint density at radius 3 is 2.83 bits per heavy atom. The number of aliphatic hydroxyl groups is 1. The van der Waals surface area contributed by atoms with Crippen LogP contribution in [-0.4, -0.2) is 49.7 Å². The average Bonchev–Trinajstić information content (AvgIpc) is 2.58. The summed E-state index contributed by atoms with van der Waals surface area (Å²) in [5, 5.41) is 13.1. The van der Waals surface area contributed by atoms with Gasteiger partial charge in [-0.25, -0.2) is 13.1 Å². The molecule has 0 saturated carbocycles. The van der Waals surface area contributed by atoms with E-state index in [1.54, 1.807) is 7.05 Å². The first kappa shape index (κ1) is 14.9. The summed E-state index contributed by atoms with van der Waals surface area (Å²) < 4.78 is 32.1. The van der Waals surface area contributed by atoms with Gasteiger partial charge in [-0.15, -0.1) is 0 Å². The summed E-state index contributed by atoms with van der Waals surface area (Å²) in [5.74, 6) is -0.0533. The van der Waals surface area contributed by atoms with E-state index < -0.39 is 16.1 Å². The number of anilines is 1. The first-order chi connectivity index (χ1) is 8.36. The van der Waals surface area contributed by atoms with Crippen LogP contribution < -0.4 is 10.5 Å².